The minimum atomic E-state index is -3.91. The van der Waals surface area contributed by atoms with Crippen LogP contribution < -0.4 is 0 Å². The number of hydrogen-bond acceptors (Lipinski definition) is 4. The fraction of sp³-hybridized carbons (Fsp3) is 0.316. The summed E-state index contributed by atoms with van der Waals surface area (Å²) < 4.78 is 27.6. The van der Waals surface area contributed by atoms with Crippen molar-refractivity contribution in [3.05, 3.63) is 53.0 Å². The van der Waals surface area contributed by atoms with Gasteiger partial charge < -0.3 is 5.11 Å². The van der Waals surface area contributed by atoms with Crippen LogP contribution in [-0.4, -0.2) is 46.9 Å². The van der Waals surface area contributed by atoms with Crippen molar-refractivity contribution in [2.45, 2.75) is 29.5 Å². The molecule has 1 aliphatic rings. The van der Waals surface area contributed by atoms with E-state index in [4.69, 9.17) is 0 Å². The maximum Gasteiger partial charge on any atom is 0.323 e. The van der Waals surface area contributed by atoms with Gasteiger partial charge in [-0.2, -0.15) is 16.1 Å². The Morgan fingerprint density at radius 1 is 1.19 bits per heavy atom. The molecule has 0 saturated carbocycles. The molecule has 1 atom stereocenters. The first-order valence-electron chi connectivity index (χ1n) is 8.38. The van der Waals surface area contributed by atoms with Crippen molar-refractivity contribution in [2.24, 2.45) is 0 Å². The van der Waals surface area contributed by atoms with E-state index in [1.54, 1.807) is 26.0 Å². The molecule has 0 aliphatic carbocycles. The van der Waals surface area contributed by atoms with E-state index in [2.05, 4.69) is 15.9 Å². The zero-order valence-corrected chi connectivity index (χ0v) is 18.1. The van der Waals surface area contributed by atoms with Gasteiger partial charge in [0.1, 0.15) is 6.04 Å². The van der Waals surface area contributed by atoms with Gasteiger partial charge in [0, 0.05) is 21.5 Å². The summed E-state index contributed by atoms with van der Waals surface area (Å²) in [5.41, 5.74) is 1.84. The largest absolute Gasteiger partial charge is 0.480 e. The van der Waals surface area contributed by atoms with Crippen LogP contribution in [0.2, 0.25) is 0 Å². The summed E-state index contributed by atoms with van der Waals surface area (Å²) in [4.78, 5) is 11.9. The summed E-state index contributed by atoms with van der Waals surface area (Å²) in [6, 6.07) is 13.1. The Hall–Kier alpha value is -1.35. The van der Waals surface area contributed by atoms with Gasteiger partial charge in [0.25, 0.3) is 0 Å². The highest BCUT2D eigenvalue weighted by Crippen LogP contribution is 2.38. The quantitative estimate of drug-likeness (QED) is 0.729. The molecule has 8 heteroatoms. The van der Waals surface area contributed by atoms with E-state index < -0.39 is 26.8 Å². The third-order valence-electron chi connectivity index (χ3n) is 4.61. The average molecular weight is 470 g/mol. The van der Waals surface area contributed by atoms with E-state index in [1.165, 1.54) is 23.9 Å². The molecule has 27 heavy (non-hydrogen) atoms. The van der Waals surface area contributed by atoms with Crippen LogP contribution in [0.4, 0.5) is 0 Å². The van der Waals surface area contributed by atoms with Crippen molar-refractivity contribution in [1.82, 2.24) is 4.31 Å². The molecular weight excluding hydrogens is 450 g/mol. The zero-order chi connectivity index (χ0) is 19.8. The number of carboxylic acid groups (broad SMARTS) is 1. The Morgan fingerprint density at radius 3 is 2.41 bits per heavy atom. The first-order chi connectivity index (χ1) is 12.6. The average Bonchev–Trinajstić information content (AvgIpc) is 2.61. The van der Waals surface area contributed by atoms with Gasteiger partial charge >= 0.3 is 5.97 Å². The van der Waals surface area contributed by atoms with Crippen LogP contribution in [0.15, 0.2) is 57.9 Å². The van der Waals surface area contributed by atoms with Gasteiger partial charge in [-0.15, -0.1) is 0 Å². The summed E-state index contributed by atoms with van der Waals surface area (Å²) >= 11 is 4.98. The van der Waals surface area contributed by atoms with Crippen LogP contribution in [0, 0.1) is 0 Å². The lowest BCUT2D eigenvalue weighted by Crippen LogP contribution is -2.58. The summed E-state index contributed by atoms with van der Waals surface area (Å²) in [6.45, 7) is 3.72. The Kier molecular flexibility index (Phi) is 5.72. The predicted molar refractivity (Wildman–Crippen MR) is 111 cm³/mol. The molecule has 0 radical (unpaired) electrons. The molecule has 1 N–H and O–H groups in total. The fourth-order valence-corrected chi connectivity index (χ4v) is 6.88. The number of sulfonamides is 1. The van der Waals surface area contributed by atoms with Crippen molar-refractivity contribution >= 4 is 43.7 Å². The maximum absolute atomic E-state index is 13.1. The smallest absolute Gasteiger partial charge is 0.323 e. The van der Waals surface area contributed by atoms with Crippen LogP contribution in [0.5, 0.6) is 0 Å². The van der Waals surface area contributed by atoms with Crippen LogP contribution in [0.3, 0.4) is 0 Å². The lowest BCUT2D eigenvalue weighted by atomic mass is 10.0. The second kappa shape index (κ2) is 7.58. The summed E-state index contributed by atoms with van der Waals surface area (Å²) in [7, 11) is -3.91. The molecule has 1 fully saturated rings. The van der Waals surface area contributed by atoms with Gasteiger partial charge in [-0.1, -0.05) is 46.3 Å². The van der Waals surface area contributed by atoms with Gasteiger partial charge in [0.2, 0.25) is 10.0 Å². The third-order valence-corrected chi connectivity index (χ3v) is 8.54. The number of carboxylic acids is 1. The van der Waals surface area contributed by atoms with Gasteiger partial charge in [-0.05, 0) is 43.2 Å². The number of hydrogen-bond donors (Lipinski definition) is 1. The van der Waals surface area contributed by atoms with E-state index in [1.807, 2.05) is 24.3 Å². The first kappa shape index (κ1) is 20.4. The van der Waals surface area contributed by atoms with Crippen molar-refractivity contribution in [3.8, 4) is 11.1 Å². The third kappa shape index (κ3) is 3.94. The molecule has 1 heterocycles. The lowest BCUT2D eigenvalue weighted by Gasteiger charge is -2.42. The molecule has 1 aliphatic heterocycles. The number of thioether (sulfide) groups is 1. The van der Waals surface area contributed by atoms with E-state index in [0.717, 1.165) is 19.9 Å². The first-order valence-corrected chi connectivity index (χ1v) is 11.6. The molecule has 1 unspecified atom stereocenters. The van der Waals surface area contributed by atoms with Crippen molar-refractivity contribution < 1.29 is 18.3 Å². The number of benzene rings is 2. The second-order valence-corrected chi connectivity index (χ2v) is 11.3. The number of rotatable bonds is 4. The fourth-order valence-electron chi connectivity index (χ4n) is 3.27. The highest BCUT2D eigenvalue weighted by molar-refractivity contribution is 9.10. The Labute approximate surface area is 172 Å². The Bertz CT molecular complexity index is 958. The van der Waals surface area contributed by atoms with Crippen molar-refractivity contribution in [1.29, 1.82) is 0 Å². The Balaban J connectivity index is 1.97. The van der Waals surface area contributed by atoms with Crippen LogP contribution >= 0.6 is 27.7 Å². The zero-order valence-electron chi connectivity index (χ0n) is 14.9. The van der Waals surface area contributed by atoms with Crippen molar-refractivity contribution in [2.75, 3.05) is 12.3 Å². The van der Waals surface area contributed by atoms with Gasteiger partial charge in [-0.3, -0.25) is 4.79 Å². The second-order valence-electron chi connectivity index (χ2n) is 6.81. The molecule has 3 rings (SSSR count). The highest BCUT2D eigenvalue weighted by Gasteiger charge is 2.48. The molecule has 0 bridgehead atoms. The van der Waals surface area contributed by atoms with Gasteiger partial charge in [0.15, 0.2) is 0 Å². The minimum Gasteiger partial charge on any atom is -0.480 e. The SMILES string of the molecule is CC1(C)SCCN(S(=O)(=O)c2ccc(-c3ccccc3Br)cc2)C1C(=O)O. The molecule has 144 valence electrons. The van der Waals surface area contributed by atoms with Crippen molar-refractivity contribution in [3.63, 3.8) is 0 Å². The molecule has 2 aromatic carbocycles. The van der Waals surface area contributed by atoms with E-state index >= 15 is 0 Å². The molecule has 2 aromatic rings. The van der Waals surface area contributed by atoms with E-state index in [-0.39, 0.29) is 11.4 Å². The van der Waals surface area contributed by atoms with E-state index in [0.29, 0.717) is 5.75 Å². The van der Waals surface area contributed by atoms with Crippen LogP contribution in [-0.2, 0) is 14.8 Å². The standard InChI is InChI=1S/C19H20BrNO4S2/c1-19(2)17(18(22)23)21(11-12-26-19)27(24,25)14-9-7-13(8-10-14)15-5-3-4-6-16(15)20/h3-10,17H,11-12H2,1-2H3,(H,22,23). The number of aliphatic carboxylic acids is 1. The monoisotopic (exact) mass is 469 g/mol. The van der Waals surface area contributed by atoms with Crippen LogP contribution in [0.25, 0.3) is 11.1 Å². The van der Waals surface area contributed by atoms with Gasteiger partial charge in [0.05, 0.1) is 4.90 Å². The highest BCUT2D eigenvalue weighted by atomic mass is 79.9. The number of carbonyl (C=O) groups is 1. The normalized spacial score (nSPS) is 20.3. The Morgan fingerprint density at radius 2 is 1.81 bits per heavy atom. The molecule has 0 spiro atoms. The number of nitrogens with zero attached hydrogens (tertiary/aromatic N) is 1. The van der Waals surface area contributed by atoms with Crippen LogP contribution in [0.1, 0.15) is 13.8 Å². The summed E-state index contributed by atoms with van der Waals surface area (Å²) in [5.74, 6) is -0.564. The lowest BCUT2D eigenvalue weighted by molar-refractivity contribution is -0.142. The van der Waals surface area contributed by atoms with E-state index in [9.17, 15) is 18.3 Å². The summed E-state index contributed by atoms with van der Waals surface area (Å²) in [6.07, 6.45) is 0. The predicted octanol–water partition coefficient (Wildman–Crippen LogP) is 4.09. The van der Waals surface area contributed by atoms with Gasteiger partial charge in [-0.25, -0.2) is 8.42 Å². The molecule has 1 saturated heterocycles. The summed E-state index contributed by atoms with van der Waals surface area (Å²) in [5, 5.41) is 9.65. The minimum absolute atomic E-state index is 0.104. The number of halogens is 1. The molecule has 0 aromatic heterocycles. The molecule has 5 nitrogen and oxygen atoms in total. The topological polar surface area (TPSA) is 74.7 Å². The molecular formula is C19H20BrNO4S2. The molecule has 0 amide bonds. The maximum atomic E-state index is 13.1.